The van der Waals surface area contributed by atoms with Crippen molar-refractivity contribution in [1.82, 2.24) is 0 Å². The van der Waals surface area contributed by atoms with E-state index < -0.39 is 50.6 Å². The van der Waals surface area contributed by atoms with Gasteiger partial charge in [0, 0.05) is 51.7 Å². The maximum Gasteiger partial charge on any atom is 0.373 e. The van der Waals surface area contributed by atoms with E-state index in [0.717, 1.165) is 6.26 Å². The molecule has 0 aliphatic heterocycles. The van der Waals surface area contributed by atoms with E-state index in [9.17, 15) is 50.0 Å². The minimum atomic E-state index is -0.966. The molecule has 0 aromatic rings. The Morgan fingerprint density at radius 1 is 0.660 bits per heavy atom. The van der Waals surface area contributed by atoms with Gasteiger partial charge in [-0.15, -0.1) is 40.5 Å². The summed E-state index contributed by atoms with van der Waals surface area (Å²) in [5.74, 6) is -1.09. The smallest absolute Gasteiger partial charge is 0.373 e. The molecule has 7 unspecified atom stereocenters. The summed E-state index contributed by atoms with van der Waals surface area (Å²) in [4.78, 5) is 91.4. The zero-order valence-electron chi connectivity index (χ0n) is 24.9. The molecule has 1 N–H and O–H groups in total. The lowest BCUT2D eigenvalue weighted by Crippen LogP contribution is -2.27. The van der Waals surface area contributed by atoms with Crippen LogP contribution < -0.4 is 0 Å². The molecule has 7 atom stereocenters. The highest BCUT2D eigenvalue weighted by Gasteiger charge is 2.14. The van der Waals surface area contributed by atoms with E-state index in [1.165, 1.54) is 19.9 Å². The van der Waals surface area contributed by atoms with Gasteiger partial charge in [0.1, 0.15) is 38.1 Å². The summed E-state index contributed by atoms with van der Waals surface area (Å²) >= 11 is 0. The van der Waals surface area contributed by atoms with E-state index >= 15 is 0 Å². The molecule has 27 nitrogen and oxygen atoms in total. The van der Waals surface area contributed by atoms with E-state index in [2.05, 4.69) is 46.9 Å². The van der Waals surface area contributed by atoms with Crippen LogP contribution in [0.3, 0.4) is 0 Å². The number of rotatable bonds is 21. The van der Waals surface area contributed by atoms with Crippen LogP contribution >= 0.6 is 37.9 Å². The van der Waals surface area contributed by atoms with Crippen LogP contribution in [0, 0.1) is 40.5 Å². The van der Waals surface area contributed by atoms with E-state index in [-0.39, 0.29) is 67.3 Å². The van der Waals surface area contributed by atoms with Crippen LogP contribution in [0.5, 0.6) is 0 Å². The maximum absolute atomic E-state index is 10.5. The van der Waals surface area contributed by atoms with Gasteiger partial charge in [-0.25, -0.2) is 0 Å². The highest BCUT2D eigenvalue weighted by Crippen LogP contribution is 2.00. The highest BCUT2D eigenvalue weighted by atomic mass is 31.0. The minimum Gasteiger partial charge on any atom is -0.458 e. The summed E-state index contributed by atoms with van der Waals surface area (Å²) in [6, 6.07) is 0. The highest BCUT2D eigenvalue weighted by molar-refractivity contribution is 7.10. The third-order valence-electron chi connectivity index (χ3n) is 3.06. The monoisotopic (exact) mass is 818 g/mol. The average Bonchev–Trinajstić information content (AvgIpc) is 2.97. The van der Waals surface area contributed by atoms with Crippen LogP contribution in [-0.4, -0.2) is 108 Å². The standard InChI is InChI=1S/2C5H10NO6P.C3H8NO5P.C3H6NO4P.CO2.2CH4/c2*1-4(7)12-5(3-11-13)2-10-6(8)9;5-3(2-9-10)1-8-4(6)7;5-4(6)7-2-1-3-8-9;2-1-3;;/h2*5H,2-3,13H2,1H3;3,5H,1-2,10H2;1-2H,3,9H2;;2*1H4/b;;;2-1-;;;. The van der Waals surface area contributed by atoms with Gasteiger partial charge in [0.15, 0.2) is 0 Å². The fourth-order valence-corrected chi connectivity index (χ4v) is 2.46. The van der Waals surface area contributed by atoms with Gasteiger partial charge in [-0.1, -0.05) is 14.9 Å². The first-order valence-electron chi connectivity index (χ1n) is 11.5. The molecule has 0 bridgehead atoms. The first-order valence-corrected chi connectivity index (χ1v) is 13.4. The zero-order chi connectivity index (χ0) is 38.3. The lowest BCUT2D eigenvalue weighted by atomic mass is 10.4. The SMILES string of the molecule is C.C.CC(=O)OC(COP)CO[N+](=O)[O-].CC(=O)OC(COP)CO[N+](=O)[O-].O=C=O.O=[N+]([O-])O/C=C\COP.O=[N+]([O-])OCC(O)COP. The summed E-state index contributed by atoms with van der Waals surface area (Å²) in [6.45, 7) is 1.69. The molecular weight excluding hydrogens is 776 g/mol. The largest absolute Gasteiger partial charge is 0.458 e. The van der Waals surface area contributed by atoms with Gasteiger partial charge in [0.25, 0.3) is 20.3 Å². The number of esters is 2. The van der Waals surface area contributed by atoms with Crippen molar-refractivity contribution in [3.05, 3.63) is 52.8 Å². The molecule has 0 saturated carbocycles. The summed E-state index contributed by atoms with van der Waals surface area (Å²) in [7, 11) is 7.79. The molecule has 0 radical (unpaired) electrons. The van der Waals surface area contributed by atoms with Crippen molar-refractivity contribution in [3.8, 4) is 0 Å². The summed E-state index contributed by atoms with van der Waals surface area (Å²) in [5, 5.41) is 43.5. The fraction of sp³-hybridized carbons (Fsp3) is 0.737. The molecular formula is C19H42N4O23P4. The van der Waals surface area contributed by atoms with Gasteiger partial charge in [-0.3, -0.25) is 14.4 Å². The van der Waals surface area contributed by atoms with E-state index in [1.54, 1.807) is 0 Å². The van der Waals surface area contributed by atoms with Crippen molar-refractivity contribution in [1.29, 1.82) is 0 Å². The first-order chi connectivity index (χ1) is 22.5. The summed E-state index contributed by atoms with van der Waals surface area (Å²) in [6.07, 6.45) is 0.0866. The molecule has 50 heavy (non-hydrogen) atoms. The molecule has 0 aliphatic rings. The van der Waals surface area contributed by atoms with Gasteiger partial charge < -0.3 is 47.2 Å². The Morgan fingerprint density at radius 2 is 1.00 bits per heavy atom. The lowest BCUT2D eigenvalue weighted by molar-refractivity contribution is -0.759. The quantitative estimate of drug-likeness (QED) is 0.0539. The second-order valence-electron chi connectivity index (χ2n) is 6.79. The van der Waals surface area contributed by atoms with E-state index in [0.29, 0.717) is 0 Å². The molecule has 0 heterocycles. The molecule has 0 aromatic carbocycles. The fourth-order valence-electron chi connectivity index (χ4n) is 1.70. The van der Waals surface area contributed by atoms with Crippen molar-refractivity contribution in [2.75, 3.05) is 46.2 Å². The summed E-state index contributed by atoms with van der Waals surface area (Å²) in [5.41, 5.74) is 0. The Hall–Kier alpha value is -3.62. The van der Waals surface area contributed by atoms with E-state index in [1.807, 2.05) is 37.9 Å². The van der Waals surface area contributed by atoms with Gasteiger partial charge in [0.2, 0.25) is 0 Å². The number of carbonyl (C=O) groups excluding carboxylic acids is 4. The number of hydrogen-bond acceptors (Lipinski definition) is 23. The second-order valence-corrected chi connectivity index (χ2v) is 8.13. The Kier molecular flexibility index (Phi) is 58.5. The molecule has 0 aliphatic carbocycles. The third kappa shape index (κ3) is 70.7. The predicted molar refractivity (Wildman–Crippen MR) is 174 cm³/mol. The number of ether oxygens (including phenoxy) is 2. The van der Waals surface area contributed by atoms with Crippen molar-refractivity contribution in [3.63, 3.8) is 0 Å². The molecule has 296 valence electrons. The second kappa shape index (κ2) is 47.5. The Labute approximate surface area is 293 Å². The van der Waals surface area contributed by atoms with Crippen molar-refractivity contribution >= 4 is 56.0 Å². The molecule has 31 heteroatoms. The van der Waals surface area contributed by atoms with Crippen LogP contribution in [0.1, 0.15) is 28.7 Å². The zero-order valence-corrected chi connectivity index (χ0v) is 29.5. The molecule has 0 spiro atoms. The molecule has 0 saturated heterocycles. The third-order valence-corrected chi connectivity index (χ3v) is 3.83. The van der Waals surface area contributed by atoms with Crippen LogP contribution in [0.2, 0.25) is 0 Å². The van der Waals surface area contributed by atoms with Crippen molar-refractivity contribution in [2.45, 2.75) is 47.0 Å². The molecule has 0 amide bonds. The minimum absolute atomic E-state index is 0. The van der Waals surface area contributed by atoms with Gasteiger partial charge >= 0.3 is 18.1 Å². The van der Waals surface area contributed by atoms with Gasteiger partial charge in [-0.05, 0) is 6.08 Å². The van der Waals surface area contributed by atoms with Crippen molar-refractivity contribution < 1.29 is 91.6 Å². The summed E-state index contributed by atoms with van der Waals surface area (Å²) < 4.78 is 27.3. The van der Waals surface area contributed by atoms with Crippen molar-refractivity contribution in [2.24, 2.45) is 0 Å². The van der Waals surface area contributed by atoms with Gasteiger partial charge in [0.05, 0.1) is 32.7 Å². The van der Waals surface area contributed by atoms with Crippen LogP contribution in [0.4, 0.5) is 0 Å². The molecule has 0 aromatic heterocycles. The van der Waals surface area contributed by atoms with Crippen LogP contribution in [0.15, 0.2) is 12.3 Å². The predicted octanol–water partition coefficient (Wildman–Crippen LogP) is 0.432. The number of hydrogen-bond donors (Lipinski definition) is 1. The lowest BCUT2D eigenvalue weighted by Gasteiger charge is -2.13. The first kappa shape index (κ1) is 61.6. The average molecular weight is 818 g/mol. The van der Waals surface area contributed by atoms with Crippen LogP contribution in [0.25, 0.3) is 0 Å². The molecule has 0 rings (SSSR count). The molecule has 0 fully saturated rings. The topological polar surface area (TPSA) is 353 Å². The van der Waals surface area contributed by atoms with E-state index in [4.69, 9.17) is 14.7 Å². The Morgan fingerprint density at radius 3 is 1.26 bits per heavy atom. The van der Waals surface area contributed by atoms with Crippen LogP contribution in [-0.2, 0) is 66.1 Å². The number of nitrogens with zero attached hydrogens (tertiary/aromatic N) is 4. The number of aliphatic hydroxyl groups is 1. The number of aliphatic hydroxyl groups excluding tert-OH is 1. The number of carbonyl (C=O) groups is 2. The Balaban J connectivity index is -0.0000000956. The Bertz CT molecular complexity index is 907. The maximum atomic E-state index is 10.5. The normalized spacial score (nSPS) is 10.6. The van der Waals surface area contributed by atoms with Gasteiger partial charge in [-0.2, -0.15) is 9.59 Å².